The van der Waals surface area contributed by atoms with Crippen LogP contribution in [0.3, 0.4) is 0 Å². The van der Waals surface area contributed by atoms with Crippen LogP contribution in [-0.4, -0.2) is 38.1 Å². The Labute approximate surface area is 181 Å². The third kappa shape index (κ3) is 4.98. The number of aliphatic hydroxyl groups excluding tert-OH is 1. The molecule has 0 saturated carbocycles. The Kier molecular flexibility index (Phi) is 6.83. The molecule has 10 nitrogen and oxygen atoms in total. The normalized spacial score (nSPS) is 13.1. The number of aliphatic imine (C=N–C) groups is 1. The Bertz CT molecular complexity index is 1240. The maximum absolute atomic E-state index is 12.7. The number of aliphatic hydroxyl groups is 1. The van der Waals surface area contributed by atoms with Crippen LogP contribution in [0.25, 0.3) is 5.57 Å². The number of hydrogen-bond acceptors (Lipinski definition) is 8. The zero-order valence-corrected chi connectivity index (χ0v) is 17.6. The van der Waals surface area contributed by atoms with Gasteiger partial charge in [-0.25, -0.2) is 4.79 Å². The van der Waals surface area contributed by atoms with Crippen molar-refractivity contribution in [3.8, 4) is 0 Å². The van der Waals surface area contributed by atoms with E-state index in [9.17, 15) is 14.7 Å². The average Bonchev–Trinajstić information content (AvgIpc) is 3.19. The van der Waals surface area contributed by atoms with Gasteiger partial charge in [-0.1, -0.05) is 28.9 Å². The van der Waals surface area contributed by atoms with Gasteiger partial charge in [0, 0.05) is 42.0 Å². The maximum Gasteiger partial charge on any atom is 0.329 e. The smallest absolute Gasteiger partial charge is 0.329 e. The first-order valence-corrected chi connectivity index (χ1v) is 9.65. The van der Waals surface area contributed by atoms with E-state index >= 15 is 0 Å². The number of rotatable bonds is 7. The number of nitrogens with one attached hydrogen (secondary N) is 1. The van der Waals surface area contributed by atoms with Gasteiger partial charge in [0.15, 0.2) is 5.82 Å². The predicted molar refractivity (Wildman–Crippen MR) is 116 cm³/mol. The molecule has 0 bridgehead atoms. The van der Waals surface area contributed by atoms with Crippen LogP contribution >= 0.6 is 11.6 Å². The summed E-state index contributed by atoms with van der Waals surface area (Å²) in [5.41, 5.74) is 6.02. The second-order valence-corrected chi connectivity index (χ2v) is 7.14. The minimum absolute atomic E-state index is 0.0581. The molecule has 0 aliphatic carbocycles. The highest BCUT2D eigenvalue weighted by molar-refractivity contribution is 6.30. The first kappa shape index (κ1) is 22.2. The summed E-state index contributed by atoms with van der Waals surface area (Å²) in [7, 11) is 1.55. The van der Waals surface area contributed by atoms with Crippen LogP contribution in [0.1, 0.15) is 34.6 Å². The molecule has 0 amide bonds. The summed E-state index contributed by atoms with van der Waals surface area (Å²) in [4.78, 5) is 35.9. The van der Waals surface area contributed by atoms with Crippen molar-refractivity contribution in [1.29, 1.82) is 0 Å². The zero-order valence-electron chi connectivity index (χ0n) is 16.9. The lowest BCUT2D eigenvalue weighted by Gasteiger charge is -2.09. The van der Waals surface area contributed by atoms with Gasteiger partial charge in [0.05, 0.1) is 11.8 Å². The van der Waals surface area contributed by atoms with Crippen LogP contribution in [0, 0.1) is 6.92 Å². The molecule has 3 rings (SSSR count). The van der Waals surface area contributed by atoms with E-state index in [1.165, 1.54) is 12.4 Å². The fourth-order valence-corrected chi connectivity index (χ4v) is 3.11. The number of nitrogens with two attached hydrogens (primary N) is 1. The van der Waals surface area contributed by atoms with E-state index in [2.05, 4.69) is 20.1 Å². The topological polar surface area (TPSA) is 152 Å². The van der Waals surface area contributed by atoms with Gasteiger partial charge >= 0.3 is 5.69 Å². The molecule has 2 heterocycles. The molecule has 2 aromatic heterocycles. The standard InChI is InChI=1S/C20H21ClN6O4/c1-11-18(13(8-22)9-23-2)25-20(30)27(19(11)29)10-17-24-16(26-31-17)7-15(28)12-3-5-14(21)6-4-12/h3-6,8-9,15,28H,7,10,22H2,1-2H3,(H,25,30)/b13-8+,23-9?/t15-/m0/s1. The van der Waals surface area contributed by atoms with Gasteiger partial charge in [-0.3, -0.25) is 14.4 Å². The maximum atomic E-state index is 12.7. The van der Waals surface area contributed by atoms with Crippen LogP contribution in [0.4, 0.5) is 0 Å². The zero-order chi connectivity index (χ0) is 22.5. The number of nitrogens with zero attached hydrogens (tertiary/aromatic N) is 4. The lowest BCUT2D eigenvalue weighted by molar-refractivity contribution is 0.174. The van der Waals surface area contributed by atoms with Crippen molar-refractivity contribution in [2.75, 3.05) is 7.05 Å². The van der Waals surface area contributed by atoms with Crippen molar-refractivity contribution in [2.45, 2.75) is 26.0 Å². The van der Waals surface area contributed by atoms with Crippen molar-refractivity contribution in [3.63, 3.8) is 0 Å². The minimum atomic E-state index is -0.864. The summed E-state index contributed by atoms with van der Waals surface area (Å²) < 4.78 is 6.10. The van der Waals surface area contributed by atoms with Crippen molar-refractivity contribution < 1.29 is 9.63 Å². The molecule has 11 heteroatoms. The highest BCUT2D eigenvalue weighted by Crippen LogP contribution is 2.19. The average molecular weight is 445 g/mol. The first-order chi connectivity index (χ1) is 14.8. The van der Waals surface area contributed by atoms with Crippen LogP contribution in [-0.2, 0) is 13.0 Å². The molecule has 1 atom stereocenters. The number of hydrogen-bond donors (Lipinski definition) is 3. The van der Waals surface area contributed by atoms with Gasteiger partial charge in [-0.05, 0) is 24.6 Å². The molecule has 162 valence electrons. The van der Waals surface area contributed by atoms with E-state index in [0.717, 1.165) is 4.57 Å². The summed E-state index contributed by atoms with van der Waals surface area (Å²) in [6.07, 6.45) is 1.93. The van der Waals surface area contributed by atoms with Crippen LogP contribution in [0.5, 0.6) is 0 Å². The summed E-state index contributed by atoms with van der Waals surface area (Å²) >= 11 is 5.85. The van der Waals surface area contributed by atoms with E-state index in [1.54, 1.807) is 38.2 Å². The van der Waals surface area contributed by atoms with Gasteiger partial charge in [0.1, 0.15) is 6.54 Å². The number of aromatic amines is 1. The molecule has 0 aliphatic rings. The summed E-state index contributed by atoms with van der Waals surface area (Å²) in [5, 5.41) is 14.7. The SMILES string of the molecule is CN=C/C(=C\N)c1[nH]c(=O)n(Cc2nc(C[C@H](O)c3ccc(Cl)cc3)no2)c(=O)c1C. The number of H-pyrrole nitrogens is 1. The molecule has 31 heavy (non-hydrogen) atoms. The summed E-state index contributed by atoms with van der Waals surface area (Å²) in [5.74, 6) is 0.297. The van der Waals surface area contributed by atoms with E-state index in [4.69, 9.17) is 21.9 Å². The van der Waals surface area contributed by atoms with Gasteiger partial charge < -0.3 is 20.3 Å². The van der Waals surface area contributed by atoms with E-state index in [1.807, 2.05) is 0 Å². The summed E-state index contributed by atoms with van der Waals surface area (Å²) in [6, 6.07) is 6.74. The van der Waals surface area contributed by atoms with Crippen molar-refractivity contribution in [3.05, 3.63) is 84.9 Å². The van der Waals surface area contributed by atoms with E-state index < -0.39 is 17.4 Å². The molecule has 4 N–H and O–H groups in total. The van der Waals surface area contributed by atoms with Crippen LogP contribution in [0.2, 0.25) is 5.02 Å². The highest BCUT2D eigenvalue weighted by atomic mass is 35.5. The molecule has 0 saturated heterocycles. The Morgan fingerprint density at radius 3 is 2.74 bits per heavy atom. The van der Waals surface area contributed by atoms with Gasteiger partial charge in [0.25, 0.3) is 5.56 Å². The lowest BCUT2D eigenvalue weighted by Crippen LogP contribution is -2.38. The van der Waals surface area contributed by atoms with Crippen molar-refractivity contribution >= 4 is 23.4 Å². The third-order valence-corrected chi connectivity index (χ3v) is 4.84. The molecule has 1 aromatic carbocycles. The second kappa shape index (κ2) is 9.54. The Hall–Kier alpha value is -3.50. The molecular formula is C20H21ClN6O4. The molecule has 0 radical (unpaired) electrons. The highest BCUT2D eigenvalue weighted by Gasteiger charge is 2.17. The number of halogens is 1. The Morgan fingerprint density at radius 2 is 2.10 bits per heavy atom. The largest absolute Gasteiger partial charge is 0.404 e. The molecule has 3 aromatic rings. The summed E-state index contributed by atoms with van der Waals surface area (Å²) in [6.45, 7) is 1.35. The second-order valence-electron chi connectivity index (χ2n) is 6.71. The van der Waals surface area contributed by atoms with Gasteiger partial charge in [-0.2, -0.15) is 4.98 Å². The Balaban J connectivity index is 1.82. The predicted octanol–water partition coefficient (Wildman–Crippen LogP) is 1.21. The van der Waals surface area contributed by atoms with Gasteiger partial charge in [0.2, 0.25) is 5.89 Å². The number of benzene rings is 1. The van der Waals surface area contributed by atoms with Gasteiger partial charge in [-0.15, -0.1) is 0 Å². The number of allylic oxidation sites excluding steroid dienone is 1. The molecular weight excluding hydrogens is 424 g/mol. The minimum Gasteiger partial charge on any atom is -0.404 e. The van der Waals surface area contributed by atoms with Crippen LogP contribution in [0.15, 0.2) is 49.6 Å². The number of aromatic nitrogens is 4. The van der Waals surface area contributed by atoms with E-state index in [0.29, 0.717) is 16.2 Å². The lowest BCUT2D eigenvalue weighted by atomic mass is 10.1. The quantitative estimate of drug-likeness (QED) is 0.463. The molecule has 0 aliphatic heterocycles. The Morgan fingerprint density at radius 1 is 1.39 bits per heavy atom. The fourth-order valence-electron chi connectivity index (χ4n) is 2.98. The fraction of sp³-hybridized carbons (Fsp3) is 0.250. The van der Waals surface area contributed by atoms with E-state index in [-0.39, 0.29) is 35.9 Å². The molecule has 0 spiro atoms. The molecule has 0 unspecified atom stereocenters. The third-order valence-electron chi connectivity index (χ3n) is 4.59. The van der Waals surface area contributed by atoms with Crippen molar-refractivity contribution in [1.82, 2.24) is 19.7 Å². The van der Waals surface area contributed by atoms with Crippen LogP contribution < -0.4 is 17.0 Å². The first-order valence-electron chi connectivity index (χ1n) is 9.27. The molecule has 0 fully saturated rings. The van der Waals surface area contributed by atoms with Crippen molar-refractivity contribution in [2.24, 2.45) is 10.7 Å². The monoisotopic (exact) mass is 444 g/mol.